The van der Waals surface area contributed by atoms with Gasteiger partial charge in [-0.1, -0.05) is 0 Å². The van der Waals surface area contributed by atoms with Crippen molar-refractivity contribution in [1.82, 2.24) is 25.1 Å². The van der Waals surface area contributed by atoms with Crippen molar-refractivity contribution in [2.45, 2.75) is 19.9 Å². The quantitative estimate of drug-likeness (QED) is 0.639. The molecule has 1 N–H and O–H groups in total. The number of thioether (sulfide) groups is 1. The number of nitrogens with one attached hydrogen (secondary N) is 1. The number of anilines is 1. The lowest BCUT2D eigenvalue weighted by Crippen LogP contribution is -2.34. The normalized spacial score (nSPS) is 14.6. The summed E-state index contributed by atoms with van der Waals surface area (Å²) in [5.74, 6) is 3.12. The molecule has 0 aliphatic carbocycles. The third-order valence-electron chi connectivity index (χ3n) is 4.54. The fourth-order valence-electron chi connectivity index (χ4n) is 3.15. The lowest BCUT2D eigenvalue weighted by atomic mass is 10.2. The van der Waals surface area contributed by atoms with E-state index in [4.69, 9.17) is 0 Å². The Labute approximate surface area is 166 Å². The van der Waals surface area contributed by atoms with Crippen LogP contribution in [0.5, 0.6) is 0 Å². The van der Waals surface area contributed by atoms with E-state index in [-0.39, 0.29) is 11.7 Å². The number of carbonyl (C=O) groups excluding carboxylic acids is 1. The molecule has 0 spiro atoms. The third kappa shape index (κ3) is 4.08. The number of aryl methyl sites for hydroxylation is 2. The molecule has 0 saturated carbocycles. The zero-order chi connectivity index (χ0) is 18.6. The van der Waals surface area contributed by atoms with Crippen molar-refractivity contribution in [3.63, 3.8) is 0 Å². The molecule has 1 aliphatic heterocycles. The van der Waals surface area contributed by atoms with Crippen molar-refractivity contribution < 1.29 is 4.79 Å². The Bertz CT molecular complexity index is 917. The molecule has 142 valence electrons. The molecular weight excluding hydrogens is 380 g/mol. The Hall–Kier alpha value is -2.13. The minimum Gasteiger partial charge on any atom is -0.354 e. The summed E-state index contributed by atoms with van der Waals surface area (Å²) in [5, 5.41) is 10.2. The number of nitrogens with zero attached hydrogens (tertiary/aromatic N) is 5. The first kappa shape index (κ1) is 18.2. The van der Waals surface area contributed by atoms with E-state index in [0.717, 1.165) is 54.3 Å². The van der Waals surface area contributed by atoms with Crippen LogP contribution in [0, 0.1) is 6.92 Å². The monoisotopic (exact) mass is 402 g/mol. The summed E-state index contributed by atoms with van der Waals surface area (Å²) in [6, 6.07) is 1.89. The summed E-state index contributed by atoms with van der Waals surface area (Å²) in [4.78, 5) is 25.3. The minimum absolute atomic E-state index is 0.214. The Kier molecular flexibility index (Phi) is 5.58. The maximum absolute atomic E-state index is 12.6. The van der Waals surface area contributed by atoms with Gasteiger partial charge in [0.1, 0.15) is 5.82 Å². The van der Waals surface area contributed by atoms with Gasteiger partial charge in [-0.25, -0.2) is 9.97 Å². The summed E-state index contributed by atoms with van der Waals surface area (Å²) in [5.41, 5.74) is 0.863. The SMILES string of the molecule is Cc1scc2nc(C(=O)NCCCn3cccn3)nc(N3CCSCC3)c12. The number of fused-ring (bicyclic) bond motifs is 1. The van der Waals surface area contributed by atoms with E-state index in [0.29, 0.717) is 6.54 Å². The molecule has 7 nitrogen and oxygen atoms in total. The van der Waals surface area contributed by atoms with Crippen molar-refractivity contribution >= 4 is 45.7 Å². The Morgan fingerprint density at radius 2 is 2.15 bits per heavy atom. The molecule has 3 aromatic rings. The highest BCUT2D eigenvalue weighted by atomic mass is 32.2. The largest absolute Gasteiger partial charge is 0.354 e. The van der Waals surface area contributed by atoms with Gasteiger partial charge in [-0.3, -0.25) is 9.48 Å². The van der Waals surface area contributed by atoms with Gasteiger partial charge in [0, 0.05) is 60.3 Å². The zero-order valence-corrected chi connectivity index (χ0v) is 16.9. The van der Waals surface area contributed by atoms with Crippen LogP contribution in [0.4, 0.5) is 5.82 Å². The van der Waals surface area contributed by atoms with Crippen LogP contribution in [-0.4, -0.2) is 56.8 Å². The summed E-state index contributed by atoms with van der Waals surface area (Å²) < 4.78 is 1.86. The topological polar surface area (TPSA) is 75.9 Å². The molecule has 4 heterocycles. The number of amides is 1. The van der Waals surface area contributed by atoms with Crippen LogP contribution in [0.25, 0.3) is 10.9 Å². The molecule has 0 bridgehead atoms. The second-order valence-electron chi connectivity index (χ2n) is 6.40. The van der Waals surface area contributed by atoms with Crippen molar-refractivity contribution in [2.24, 2.45) is 0 Å². The van der Waals surface area contributed by atoms with Gasteiger partial charge in [-0.05, 0) is 19.4 Å². The number of carbonyl (C=O) groups is 1. The van der Waals surface area contributed by atoms with Gasteiger partial charge in [0.2, 0.25) is 5.82 Å². The number of rotatable bonds is 6. The fourth-order valence-corrected chi connectivity index (χ4v) is 4.83. The van der Waals surface area contributed by atoms with Gasteiger partial charge in [0.25, 0.3) is 5.91 Å². The second kappa shape index (κ2) is 8.26. The molecule has 0 unspecified atom stereocenters. The Morgan fingerprint density at radius 3 is 2.93 bits per heavy atom. The van der Waals surface area contributed by atoms with Gasteiger partial charge in [0.05, 0.1) is 10.9 Å². The second-order valence-corrected chi connectivity index (χ2v) is 8.71. The molecule has 1 saturated heterocycles. The average molecular weight is 403 g/mol. The standard InChI is InChI=1S/C18H22N6OS2/c1-13-15-14(12-27-13)21-16(22-17(15)23-8-10-26-11-9-23)18(25)19-4-2-6-24-7-3-5-20-24/h3,5,7,12H,2,4,6,8-11H2,1H3,(H,19,25). The molecule has 1 fully saturated rings. The van der Waals surface area contributed by atoms with Crippen LogP contribution in [0.15, 0.2) is 23.8 Å². The first-order chi connectivity index (χ1) is 13.2. The van der Waals surface area contributed by atoms with E-state index >= 15 is 0 Å². The highest BCUT2D eigenvalue weighted by Gasteiger charge is 2.21. The predicted octanol–water partition coefficient (Wildman–Crippen LogP) is 2.57. The number of aromatic nitrogens is 4. The van der Waals surface area contributed by atoms with Crippen molar-refractivity contribution in [1.29, 1.82) is 0 Å². The number of thiophene rings is 1. The Balaban J connectivity index is 1.49. The number of hydrogen-bond donors (Lipinski definition) is 1. The smallest absolute Gasteiger partial charge is 0.289 e. The van der Waals surface area contributed by atoms with Gasteiger partial charge < -0.3 is 10.2 Å². The van der Waals surface area contributed by atoms with Crippen LogP contribution < -0.4 is 10.2 Å². The number of hydrogen-bond acceptors (Lipinski definition) is 7. The van der Waals surface area contributed by atoms with Gasteiger partial charge in [0.15, 0.2) is 0 Å². The van der Waals surface area contributed by atoms with Crippen LogP contribution in [-0.2, 0) is 6.54 Å². The predicted molar refractivity (Wildman–Crippen MR) is 111 cm³/mol. The highest BCUT2D eigenvalue weighted by molar-refractivity contribution is 7.99. The molecular formula is C18H22N6OS2. The highest BCUT2D eigenvalue weighted by Crippen LogP contribution is 2.32. The fraction of sp³-hybridized carbons (Fsp3) is 0.444. The third-order valence-corrected chi connectivity index (χ3v) is 6.38. The molecule has 9 heteroatoms. The first-order valence-corrected chi connectivity index (χ1v) is 11.1. The van der Waals surface area contributed by atoms with E-state index in [1.165, 1.54) is 4.88 Å². The molecule has 1 aliphatic rings. The van der Waals surface area contributed by atoms with E-state index in [2.05, 4.69) is 32.2 Å². The Morgan fingerprint density at radius 1 is 1.30 bits per heavy atom. The van der Waals surface area contributed by atoms with Gasteiger partial charge >= 0.3 is 0 Å². The first-order valence-electron chi connectivity index (χ1n) is 9.06. The lowest BCUT2D eigenvalue weighted by Gasteiger charge is -2.28. The van der Waals surface area contributed by atoms with Crippen LogP contribution in [0.2, 0.25) is 0 Å². The summed E-state index contributed by atoms with van der Waals surface area (Å²) in [6.07, 6.45) is 4.48. The minimum atomic E-state index is -0.214. The maximum atomic E-state index is 12.6. The molecule has 1 amide bonds. The molecule has 3 aromatic heterocycles. The van der Waals surface area contributed by atoms with Crippen LogP contribution in [0.3, 0.4) is 0 Å². The lowest BCUT2D eigenvalue weighted by molar-refractivity contribution is 0.0942. The van der Waals surface area contributed by atoms with Crippen LogP contribution in [0.1, 0.15) is 21.9 Å². The average Bonchev–Trinajstić information content (AvgIpc) is 3.35. The van der Waals surface area contributed by atoms with E-state index in [9.17, 15) is 4.79 Å². The van der Waals surface area contributed by atoms with Crippen LogP contribution >= 0.6 is 23.1 Å². The van der Waals surface area contributed by atoms with E-state index in [1.807, 2.05) is 34.1 Å². The van der Waals surface area contributed by atoms with Gasteiger partial charge in [-0.2, -0.15) is 16.9 Å². The van der Waals surface area contributed by atoms with E-state index in [1.54, 1.807) is 17.5 Å². The molecule has 4 rings (SSSR count). The van der Waals surface area contributed by atoms with Crippen molar-refractivity contribution in [3.05, 3.63) is 34.5 Å². The maximum Gasteiger partial charge on any atom is 0.289 e. The van der Waals surface area contributed by atoms with Crippen molar-refractivity contribution in [2.75, 3.05) is 36.0 Å². The summed E-state index contributed by atoms with van der Waals surface area (Å²) in [7, 11) is 0. The molecule has 0 radical (unpaired) electrons. The summed E-state index contributed by atoms with van der Waals surface area (Å²) >= 11 is 3.62. The molecule has 0 atom stereocenters. The molecule has 27 heavy (non-hydrogen) atoms. The van der Waals surface area contributed by atoms with Gasteiger partial charge in [-0.15, -0.1) is 11.3 Å². The van der Waals surface area contributed by atoms with E-state index < -0.39 is 0 Å². The zero-order valence-electron chi connectivity index (χ0n) is 15.2. The molecule has 0 aromatic carbocycles. The van der Waals surface area contributed by atoms with Crippen molar-refractivity contribution in [3.8, 4) is 0 Å². The summed E-state index contributed by atoms with van der Waals surface area (Å²) in [6.45, 7) is 5.34.